The Hall–Kier alpha value is -2.63. The Balaban J connectivity index is 2.34. The summed E-state index contributed by atoms with van der Waals surface area (Å²) in [6, 6.07) is 6.88. The summed E-state index contributed by atoms with van der Waals surface area (Å²) in [6.07, 6.45) is 1.26. The number of aromatic amines is 1. The quantitative estimate of drug-likeness (QED) is 0.706. The van der Waals surface area contributed by atoms with Gasteiger partial charge in [0.15, 0.2) is 11.6 Å². The normalized spacial score (nSPS) is 10.1. The first-order chi connectivity index (χ1) is 8.58. The first-order valence-electron chi connectivity index (χ1n) is 5.29. The number of aromatic nitrogens is 2. The van der Waals surface area contributed by atoms with E-state index in [9.17, 15) is 9.59 Å². The highest BCUT2D eigenvalue weighted by molar-refractivity contribution is 5.95. The molecule has 0 unspecified atom stereocenters. The van der Waals surface area contributed by atoms with Crippen LogP contribution in [0.4, 0.5) is 17.2 Å². The van der Waals surface area contributed by atoms with Gasteiger partial charge in [-0.3, -0.25) is 9.59 Å². The molecule has 4 N–H and O–H groups in total. The molecule has 1 heterocycles. The van der Waals surface area contributed by atoms with Crippen LogP contribution in [-0.2, 0) is 0 Å². The van der Waals surface area contributed by atoms with Crippen molar-refractivity contribution < 1.29 is 4.79 Å². The Morgan fingerprint density at radius 2 is 2.22 bits per heavy atom. The minimum absolute atomic E-state index is 0.00530. The fourth-order valence-corrected chi connectivity index (χ4v) is 1.46. The van der Waals surface area contributed by atoms with Gasteiger partial charge in [0.25, 0.3) is 5.56 Å². The van der Waals surface area contributed by atoms with Crippen molar-refractivity contribution in [3.05, 3.63) is 46.5 Å². The molecule has 1 aromatic heterocycles. The van der Waals surface area contributed by atoms with Gasteiger partial charge in [0.05, 0.1) is 6.33 Å². The van der Waals surface area contributed by atoms with E-state index in [2.05, 4.69) is 15.3 Å². The summed E-state index contributed by atoms with van der Waals surface area (Å²) < 4.78 is 0. The van der Waals surface area contributed by atoms with Crippen molar-refractivity contribution in [2.24, 2.45) is 0 Å². The molecule has 2 rings (SSSR count). The van der Waals surface area contributed by atoms with Gasteiger partial charge in [0.1, 0.15) is 5.69 Å². The third-order valence-corrected chi connectivity index (χ3v) is 2.42. The molecule has 6 heteroatoms. The molecular formula is C12H12N4O2. The van der Waals surface area contributed by atoms with Gasteiger partial charge in [-0.05, 0) is 19.1 Å². The van der Waals surface area contributed by atoms with Crippen molar-refractivity contribution in [3.63, 3.8) is 0 Å². The van der Waals surface area contributed by atoms with E-state index in [1.165, 1.54) is 13.3 Å². The lowest BCUT2D eigenvalue weighted by Gasteiger charge is -2.07. The van der Waals surface area contributed by atoms with Gasteiger partial charge in [-0.1, -0.05) is 12.1 Å². The number of H-pyrrole nitrogens is 1. The summed E-state index contributed by atoms with van der Waals surface area (Å²) in [6.45, 7) is 1.49. The molecular weight excluding hydrogens is 232 g/mol. The molecule has 0 amide bonds. The number of nitrogens with zero attached hydrogens (tertiary/aromatic N) is 1. The van der Waals surface area contributed by atoms with E-state index in [1.807, 2.05) is 0 Å². The number of Topliss-reactive ketones (excluding diaryl/α,β-unsaturated/α-hetero) is 1. The van der Waals surface area contributed by atoms with Crippen molar-refractivity contribution in [3.8, 4) is 0 Å². The van der Waals surface area contributed by atoms with E-state index < -0.39 is 5.56 Å². The fraction of sp³-hybridized carbons (Fsp3) is 0.0833. The second-order valence-electron chi connectivity index (χ2n) is 3.76. The lowest BCUT2D eigenvalue weighted by atomic mass is 10.1. The van der Waals surface area contributed by atoms with Crippen molar-refractivity contribution in [1.82, 2.24) is 9.97 Å². The molecule has 0 spiro atoms. The first-order valence-corrected chi connectivity index (χ1v) is 5.29. The number of carbonyl (C=O) groups is 1. The Kier molecular flexibility index (Phi) is 3.09. The maximum Gasteiger partial charge on any atom is 0.276 e. The molecule has 0 atom stereocenters. The van der Waals surface area contributed by atoms with E-state index in [4.69, 9.17) is 5.73 Å². The minimum atomic E-state index is -0.407. The zero-order valence-electron chi connectivity index (χ0n) is 9.73. The zero-order valence-corrected chi connectivity index (χ0v) is 9.73. The van der Waals surface area contributed by atoms with Gasteiger partial charge in [-0.15, -0.1) is 0 Å². The molecule has 6 nitrogen and oxygen atoms in total. The Labute approximate surface area is 103 Å². The average molecular weight is 244 g/mol. The van der Waals surface area contributed by atoms with Gasteiger partial charge in [0, 0.05) is 11.3 Å². The monoisotopic (exact) mass is 244 g/mol. The molecule has 0 fully saturated rings. The molecule has 92 valence electrons. The predicted molar refractivity (Wildman–Crippen MR) is 69.0 cm³/mol. The molecule has 0 radical (unpaired) electrons. The van der Waals surface area contributed by atoms with Crippen LogP contribution < -0.4 is 16.6 Å². The molecule has 0 aliphatic heterocycles. The van der Waals surface area contributed by atoms with Crippen LogP contribution >= 0.6 is 0 Å². The van der Waals surface area contributed by atoms with Crippen molar-refractivity contribution in [2.45, 2.75) is 6.92 Å². The average Bonchev–Trinajstić information content (AvgIpc) is 2.35. The van der Waals surface area contributed by atoms with Crippen LogP contribution in [0.25, 0.3) is 0 Å². The molecule has 2 aromatic rings. The summed E-state index contributed by atoms with van der Waals surface area (Å²) in [5, 5.41) is 2.90. The number of hydrogen-bond acceptors (Lipinski definition) is 5. The second kappa shape index (κ2) is 4.70. The number of benzene rings is 1. The van der Waals surface area contributed by atoms with E-state index in [-0.39, 0.29) is 17.3 Å². The molecule has 1 aromatic carbocycles. The number of rotatable bonds is 3. The van der Waals surface area contributed by atoms with Crippen molar-refractivity contribution in [1.29, 1.82) is 0 Å². The van der Waals surface area contributed by atoms with Gasteiger partial charge < -0.3 is 16.0 Å². The highest BCUT2D eigenvalue weighted by atomic mass is 16.1. The summed E-state index contributed by atoms with van der Waals surface area (Å²) >= 11 is 0. The maximum atomic E-state index is 11.3. The maximum absolute atomic E-state index is 11.3. The summed E-state index contributed by atoms with van der Waals surface area (Å²) in [7, 11) is 0. The van der Waals surface area contributed by atoms with Gasteiger partial charge >= 0.3 is 0 Å². The third-order valence-electron chi connectivity index (χ3n) is 2.42. The van der Waals surface area contributed by atoms with Crippen LogP contribution in [0.3, 0.4) is 0 Å². The van der Waals surface area contributed by atoms with Crippen LogP contribution in [0, 0.1) is 0 Å². The van der Waals surface area contributed by atoms with Crippen molar-refractivity contribution >= 4 is 23.0 Å². The Bertz CT molecular complexity index is 649. The molecule has 0 bridgehead atoms. The minimum Gasteiger partial charge on any atom is -0.391 e. The smallest absolute Gasteiger partial charge is 0.276 e. The molecule has 0 saturated heterocycles. The first kappa shape index (κ1) is 11.8. The van der Waals surface area contributed by atoms with Crippen LogP contribution in [0.5, 0.6) is 0 Å². The Morgan fingerprint density at radius 1 is 1.44 bits per heavy atom. The molecule has 0 aliphatic rings. The predicted octanol–water partition coefficient (Wildman–Crippen LogP) is 1.30. The number of ketones is 1. The van der Waals surface area contributed by atoms with Crippen LogP contribution in [0.1, 0.15) is 17.3 Å². The second-order valence-corrected chi connectivity index (χ2v) is 3.76. The standard InChI is InChI=1S/C12H12N4O2/c1-7(17)8-3-2-4-9(5-8)16-11-10(13)12(18)15-6-14-11/h2-6H,13H2,1H3,(H2,14,15,16,18). The number of hydrogen-bond donors (Lipinski definition) is 3. The van der Waals surface area contributed by atoms with E-state index in [1.54, 1.807) is 24.3 Å². The topological polar surface area (TPSA) is 101 Å². The van der Waals surface area contributed by atoms with Crippen LogP contribution in [-0.4, -0.2) is 15.8 Å². The number of nitrogens with one attached hydrogen (secondary N) is 2. The molecule has 0 aliphatic carbocycles. The number of nitrogen functional groups attached to an aromatic ring is 1. The highest BCUT2D eigenvalue weighted by Crippen LogP contribution is 2.18. The SMILES string of the molecule is CC(=O)c1cccc(Nc2nc[nH]c(=O)c2N)c1. The van der Waals surface area contributed by atoms with Crippen molar-refractivity contribution in [2.75, 3.05) is 11.1 Å². The summed E-state index contributed by atoms with van der Waals surface area (Å²) in [5.74, 6) is 0.227. The van der Waals surface area contributed by atoms with Gasteiger partial charge in [-0.25, -0.2) is 4.98 Å². The van der Waals surface area contributed by atoms with Gasteiger partial charge in [0.2, 0.25) is 0 Å². The van der Waals surface area contributed by atoms with Crippen LogP contribution in [0.2, 0.25) is 0 Å². The van der Waals surface area contributed by atoms with E-state index in [0.29, 0.717) is 11.3 Å². The van der Waals surface area contributed by atoms with Gasteiger partial charge in [-0.2, -0.15) is 0 Å². The number of nitrogens with two attached hydrogens (primary N) is 1. The number of carbonyl (C=O) groups excluding carboxylic acids is 1. The largest absolute Gasteiger partial charge is 0.391 e. The highest BCUT2D eigenvalue weighted by Gasteiger charge is 2.06. The molecule has 0 saturated carbocycles. The lowest BCUT2D eigenvalue weighted by molar-refractivity contribution is 0.101. The summed E-state index contributed by atoms with van der Waals surface area (Å²) in [4.78, 5) is 28.8. The van der Waals surface area contributed by atoms with E-state index >= 15 is 0 Å². The fourth-order valence-electron chi connectivity index (χ4n) is 1.46. The Morgan fingerprint density at radius 3 is 2.94 bits per heavy atom. The van der Waals surface area contributed by atoms with E-state index in [0.717, 1.165) is 0 Å². The number of anilines is 3. The lowest BCUT2D eigenvalue weighted by Crippen LogP contribution is -2.14. The van der Waals surface area contributed by atoms with Crippen LogP contribution in [0.15, 0.2) is 35.4 Å². The zero-order chi connectivity index (χ0) is 13.1. The molecule has 18 heavy (non-hydrogen) atoms. The summed E-state index contributed by atoms with van der Waals surface area (Å²) in [5.41, 5.74) is 6.41. The third kappa shape index (κ3) is 2.37.